The molecule has 0 atom stereocenters. The van der Waals surface area contributed by atoms with Crippen LogP contribution in [0.2, 0.25) is 0 Å². The molecule has 0 spiro atoms. The first-order chi connectivity index (χ1) is 13.0. The predicted octanol–water partition coefficient (Wildman–Crippen LogP) is 6.00. The van der Waals surface area contributed by atoms with Crippen molar-refractivity contribution >= 4 is 34.7 Å². The Hall–Kier alpha value is -1.39. The van der Waals surface area contributed by atoms with E-state index in [0.29, 0.717) is 12.8 Å². The fourth-order valence-corrected chi connectivity index (χ4v) is 6.13. The van der Waals surface area contributed by atoms with Gasteiger partial charge in [-0.15, -0.1) is 23.1 Å². The largest absolute Gasteiger partial charge is 0.299 e. The summed E-state index contributed by atoms with van der Waals surface area (Å²) < 4.78 is 1.31. The third kappa shape index (κ3) is 4.72. The van der Waals surface area contributed by atoms with E-state index in [1.807, 2.05) is 11.8 Å². The number of ketones is 2. The van der Waals surface area contributed by atoms with Crippen LogP contribution in [0, 0.1) is 12.8 Å². The lowest BCUT2D eigenvalue weighted by Crippen LogP contribution is -2.33. The molecule has 3 rings (SSSR count). The maximum absolute atomic E-state index is 13.0. The molecule has 0 unspecified atom stereocenters. The Labute approximate surface area is 170 Å². The monoisotopic (exact) mass is 400 g/mol. The first kappa shape index (κ1) is 20.3. The van der Waals surface area contributed by atoms with Crippen molar-refractivity contribution in [2.75, 3.05) is 5.75 Å². The lowest BCUT2D eigenvalue weighted by Gasteiger charge is -2.29. The summed E-state index contributed by atoms with van der Waals surface area (Å²) in [4.78, 5) is 26.0. The number of hydrogen-bond acceptors (Lipinski definition) is 4. The number of carbonyl (C=O) groups is 2. The van der Waals surface area contributed by atoms with Crippen LogP contribution in [0.1, 0.15) is 61.3 Å². The topological polar surface area (TPSA) is 34.1 Å². The molecule has 1 fully saturated rings. The van der Waals surface area contributed by atoms with Gasteiger partial charge in [-0.05, 0) is 66.0 Å². The van der Waals surface area contributed by atoms with Gasteiger partial charge in [-0.3, -0.25) is 9.59 Å². The van der Waals surface area contributed by atoms with E-state index in [9.17, 15) is 9.59 Å². The number of carbonyl (C=O) groups excluding carboxylic acids is 2. The van der Waals surface area contributed by atoms with Crippen LogP contribution in [0.4, 0.5) is 0 Å². The summed E-state index contributed by atoms with van der Waals surface area (Å²) in [5, 5.41) is 2.08. The highest BCUT2D eigenvalue weighted by Crippen LogP contribution is 2.37. The van der Waals surface area contributed by atoms with E-state index in [2.05, 4.69) is 50.4 Å². The summed E-state index contributed by atoms with van der Waals surface area (Å²) in [5.41, 5.74) is 4.58. The molecule has 27 heavy (non-hydrogen) atoms. The summed E-state index contributed by atoms with van der Waals surface area (Å²) >= 11 is 3.58. The summed E-state index contributed by atoms with van der Waals surface area (Å²) in [7, 11) is 0. The predicted molar refractivity (Wildman–Crippen MR) is 115 cm³/mol. The van der Waals surface area contributed by atoms with Crippen molar-refractivity contribution in [1.82, 2.24) is 0 Å². The molecule has 1 aliphatic carbocycles. The molecular weight excluding hydrogens is 372 g/mol. The molecule has 1 saturated carbocycles. The molecule has 0 saturated heterocycles. The second-order valence-electron chi connectivity index (χ2n) is 7.41. The molecule has 144 valence electrons. The SMILES string of the molecule is CCc1cc(C)cc(CC)c1C1C(=O)CC(CCSc2cccs2)CC1=O. The Kier molecular flexibility index (Phi) is 6.93. The van der Waals surface area contributed by atoms with E-state index < -0.39 is 5.92 Å². The number of aryl methyl sites for hydroxylation is 3. The molecule has 0 N–H and O–H groups in total. The Morgan fingerprint density at radius 3 is 2.22 bits per heavy atom. The molecule has 2 aromatic rings. The van der Waals surface area contributed by atoms with Crippen LogP contribution in [-0.4, -0.2) is 17.3 Å². The van der Waals surface area contributed by atoms with Crippen LogP contribution in [0.5, 0.6) is 0 Å². The molecule has 0 bridgehead atoms. The van der Waals surface area contributed by atoms with Gasteiger partial charge < -0.3 is 0 Å². The first-order valence-electron chi connectivity index (χ1n) is 9.87. The maximum atomic E-state index is 13.0. The standard InChI is InChI=1S/C23H28O2S2/c1-4-17-11-15(3)12-18(5-2)22(17)23-19(24)13-16(14-20(23)25)8-10-27-21-7-6-9-26-21/h6-7,9,11-12,16,23H,4-5,8,10,13-14H2,1-3H3. The smallest absolute Gasteiger partial charge is 0.148 e. The summed E-state index contributed by atoms with van der Waals surface area (Å²) in [5.74, 6) is 0.906. The average molecular weight is 401 g/mol. The zero-order chi connectivity index (χ0) is 19.4. The van der Waals surface area contributed by atoms with Crippen LogP contribution < -0.4 is 0 Å². The normalized spacial score (nSPS) is 20.3. The molecular formula is C23H28O2S2. The van der Waals surface area contributed by atoms with Gasteiger partial charge in [0.25, 0.3) is 0 Å². The second-order valence-corrected chi connectivity index (χ2v) is 9.76. The number of thioether (sulfide) groups is 1. The van der Waals surface area contributed by atoms with Crippen LogP contribution in [0.15, 0.2) is 33.9 Å². The highest BCUT2D eigenvalue weighted by atomic mass is 32.2. The van der Waals surface area contributed by atoms with Gasteiger partial charge in [0.2, 0.25) is 0 Å². The highest BCUT2D eigenvalue weighted by Gasteiger charge is 2.38. The summed E-state index contributed by atoms with van der Waals surface area (Å²) in [6, 6.07) is 8.49. The average Bonchev–Trinajstić information content (AvgIpc) is 3.15. The molecule has 0 amide bonds. The quantitative estimate of drug-likeness (QED) is 0.422. The fourth-order valence-electron chi connectivity index (χ4n) is 4.16. The number of rotatable bonds is 7. The summed E-state index contributed by atoms with van der Waals surface area (Å²) in [6.45, 7) is 6.31. The van der Waals surface area contributed by atoms with Gasteiger partial charge >= 0.3 is 0 Å². The van der Waals surface area contributed by atoms with Gasteiger partial charge in [0.1, 0.15) is 17.5 Å². The zero-order valence-electron chi connectivity index (χ0n) is 16.4. The van der Waals surface area contributed by atoms with Crippen molar-refractivity contribution in [1.29, 1.82) is 0 Å². The van der Waals surface area contributed by atoms with E-state index in [0.717, 1.165) is 30.6 Å². The molecule has 1 heterocycles. The Bertz CT molecular complexity index is 765. The third-order valence-electron chi connectivity index (χ3n) is 5.44. The van der Waals surface area contributed by atoms with Crippen molar-refractivity contribution in [3.8, 4) is 0 Å². The number of thiophene rings is 1. The Morgan fingerprint density at radius 2 is 1.70 bits per heavy atom. The lowest BCUT2D eigenvalue weighted by molar-refractivity contribution is -0.133. The van der Waals surface area contributed by atoms with Crippen molar-refractivity contribution in [3.05, 3.63) is 51.9 Å². The van der Waals surface area contributed by atoms with Gasteiger partial charge in [-0.25, -0.2) is 0 Å². The zero-order valence-corrected chi connectivity index (χ0v) is 18.1. The molecule has 1 aliphatic rings. The van der Waals surface area contributed by atoms with Crippen molar-refractivity contribution in [2.45, 2.75) is 63.0 Å². The van der Waals surface area contributed by atoms with Crippen molar-refractivity contribution in [2.24, 2.45) is 5.92 Å². The maximum Gasteiger partial charge on any atom is 0.148 e. The number of Topliss-reactive ketones (excluding diaryl/α,β-unsaturated/α-hetero) is 2. The van der Waals surface area contributed by atoms with Crippen LogP contribution in [0.3, 0.4) is 0 Å². The molecule has 4 heteroatoms. The fraction of sp³-hybridized carbons (Fsp3) is 0.478. The molecule has 0 radical (unpaired) electrons. The molecule has 0 aliphatic heterocycles. The minimum atomic E-state index is -0.531. The Morgan fingerprint density at radius 1 is 1.07 bits per heavy atom. The van der Waals surface area contributed by atoms with Gasteiger partial charge in [-0.1, -0.05) is 37.6 Å². The lowest BCUT2D eigenvalue weighted by atomic mass is 9.73. The van der Waals surface area contributed by atoms with Gasteiger partial charge in [0.05, 0.1) is 4.21 Å². The van der Waals surface area contributed by atoms with E-state index in [-0.39, 0.29) is 17.5 Å². The van der Waals surface area contributed by atoms with Crippen molar-refractivity contribution in [3.63, 3.8) is 0 Å². The van der Waals surface area contributed by atoms with E-state index >= 15 is 0 Å². The second kappa shape index (κ2) is 9.20. The van der Waals surface area contributed by atoms with Crippen LogP contribution >= 0.6 is 23.1 Å². The summed E-state index contributed by atoms with van der Waals surface area (Å²) in [6.07, 6.45) is 3.75. The minimum absolute atomic E-state index is 0.130. The van der Waals surface area contributed by atoms with Crippen molar-refractivity contribution < 1.29 is 9.59 Å². The van der Waals surface area contributed by atoms with E-state index in [1.165, 1.54) is 20.9 Å². The van der Waals surface area contributed by atoms with Gasteiger partial charge in [-0.2, -0.15) is 0 Å². The third-order valence-corrected chi connectivity index (χ3v) is 7.60. The molecule has 1 aromatic carbocycles. The number of hydrogen-bond donors (Lipinski definition) is 0. The highest BCUT2D eigenvalue weighted by molar-refractivity contribution is 8.01. The van der Waals surface area contributed by atoms with E-state index in [4.69, 9.17) is 0 Å². The van der Waals surface area contributed by atoms with E-state index in [1.54, 1.807) is 11.3 Å². The van der Waals surface area contributed by atoms with Gasteiger partial charge in [0, 0.05) is 12.8 Å². The molecule has 1 aromatic heterocycles. The van der Waals surface area contributed by atoms with Crippen LogP contribution in [-0.2, 0) is 22.4 Å². The van der Waals surface area contributed by atoms with Crippen LogP contribution in [0.25, 0.3) is 0 Å². The number of benzene rings is 1. The minimum Gasteiger partial charge on any atom is -0.299 e. The van der Waals surface area contributed by atoms with Gasteiger partial charge in [0.15, 0.2) is 0 Å². The molecule has 2 nitrogen and oxygen atoms in total. The first-order valence-corrected chi connectivity index (χ1v) is 11.7. The Balaban J connectivity index is 1.73.